The summed E-state index contributed by atoms with van der Waals surface area (Å²) < 4.78 is 0. The maximum atomic E-state index is 2.98. The molecule has 0 fully saturated rings. The molecule has 1 aliphatic carbocycles. The van der Waals surface area contributed by atoms with E-state index in [0.29, 0.717) is 0 Å². The maximum absolute atomic E-state index is 2.98. The van der Waals surface area contributed by atoms with E-state index in [9.17, 15) is 0 Å². The Labute approximate surface area is 579 Å². The highest BCUT2D eigenvalue weighted by Crippen LogP contribution is 2.64. The molecular formula is C57H66B31NS2. The first-order chi connectivity index (χ1) is 42.6. The van der Waals surface area contributed by atoms with Crippen molar-refractivity contribution in [3.8, 4) is 33.4 Å². The molecule has 0 N–H and O–H groups in total. The van der Waals surface area contributed by atoms with Gasteiger partial charge < -0.3 is 4.90 Å². The minimum atomic E-state index is -0.607. The second-order valence-corrected chi connectivity index (χ2v) is 31.3. The molecule has 404 valence electrons. The van der Waals surface area contributed by atoms with Crippen molar-refractivity contribution in [2.75, 3.05) is 4.90 Å². The molecule has 0 amide bonds. The topological polar surface area (TPSA) is 3.24 Å². The van der Waals surface area contributed by atoms with Gasteiger partial charge in [0.2, 0.25) is 0 Å². The second-order valence-electron chi connectivity index (χ2n) is 29.2. The first kappa shape index (κ1) is 64.9. The molecule has 1 unspecified atom stereocenters. The van der Waals surface area contributed by atoms with Crippen LogP contribution in [0.2, 0.25) is 0 Å². The molecule has 1 spiro atoms. The molecule has 2 heterocycles. The van der Waals surface area contributed by atoms with Gasteiger partial charge in [-0.1, -0.05) is 139 Å². The van der Waals surface area contributed by atoms with Gasteiger partial charge in [0.05, 0.1) is 5.41 Å². The molecule has 1 nitrogen and oxygen atoms in total. The third-order valence-corrected chi connectivity index (χ3v) is 28.7. The molecule has 13 rings (SSSR count). The molecule has 3 aliphatic rings. The van der Waals surface area contributed by atoms with E-state index in [4.69, 9.17) is 0 Å². The normalized spacial score (nSPS) is 14.2. The van der Waals surface area contributed by atoms with Crippen LogP contribution >= 0.6 is 23.5 Å². The van der Waals surface area contributed by atoms with Gasteiger partial charge in [-0.3, -0.25) is 0 Å². The summed E-state index contributed by atoms with van der Waals surface area (Å²) in [6.07, 6.45) is 0. The summed E-state index contributed by atoms with van der Waals surface area (Å²) in [5.74, 6) is 0. The second kappa shape index (κ2) is 21.9. The van der Waals surface area contributed by atoms with Crippen LogP contribution in [0.1, 0.15) is 22.3 Å². The van der Waals surface area contributed by atoms with E-state index in [1.54, 1.807) is 0 Å². The van der Waals surface area contributed by atoms with Gasteiger partial charge in [-0.2, -0.15) is 0 Å². The van der Waals surface area contributed by atoms with Crippen LogP contribution in [-0.2, 0) is 5.41 Å². The Hall–Kier alpha value is -4.77. The van der Waals surface area contributed by atoms with Crippen LogP contribution in [0.25, 0.3) is 54.9 Å². The molecule has 0 radical (unpaired) electrons. The lowest BCUT2D eigenvalue weighted by Crippen LogP contribution is -2.56. The Balaban J connectivity index is 1.37. The third-order valence-electron chi connectivity index (χ3n) is 25.9. The van der Waals surface area contributed by atoms with Crippen LogP contribution in [0.15, 0.2) is 43.8 Å². The van der Waals surface area contributed by atoms with E-state index < -0.39 is 5.41 Å². The fraction of sp³-hybridized carbons (Fsp3) is 0.0175. The summed E-state index contributed by atoms with van der Waals surface area (Å²) in [5.41, 5.74) is 60.0. The molecule has 91 heavy (non-hydrogen) atoms. The standard InChI is InChI=1S/C57H66B31NS2/c58-9-1-5-6(2-10(9)59)57-7-3-12(90-11-4-8(57)55(50(87)23(11)60)91-56-22(57)35(72)44(81)47(84)51(56)88)24(61)52(13(5)7)89(53-20-16(25(62)36(73)42(79)33(20)70)14(27(64)48(53)85)18-29(66)38(75)45(82)39(76)30(18)67)54-21-17(26(63)37(74)43(80)34(21)71)15(28(65)49(54)86)19-31(68)40(77)46(83)41(78)32(19)69/h1-4H,58-88H2. The lowest BCUT2D eigenvalue weighted by molar-refractivity contribution is 0.728. The smallest absolute Gasteiger partial charge is 0.143 e. The van der Waals surface area contributed by atoms with Crippen molar-refractivity contribution in [1.29, 1.82) is 0 Å². The number of fused-ring (bicyclic) bond motifs is 7. The van der Waals surface area contributed by atoms with Gasteiger partial charge in [0, 0.05) is 42.2 Å². The zero-order chi connectivity index (χ0) is 66.3. The largest absolute Gasteiger partial charge is 0.310 e. The number of anilines is 3. The van der Waals surface area contributed by atoms with E-state index in [0.717, 1.165) is 0 Å². The van der Waals surface area contributed by atoms with Gasteiger partial charge in [0.1, 0.15) is 243 Å². The number of nitrogens with zero attached hydrogens (tertiary/aromatic N) is 1. The van der Waals surface area contributed by atoms with E-state index in [2.05, 4.69) is 272 Å². The Morgan fingerprint density at radius 1 is 0.231 bits per heavy atom. The van der Waals surface area contributed by atoms with E-state index in [-0.39, 0.29) is 0 Å². The summed E-state index contributed by atoms with van der Waals surface area (Å²) in [4.78, 5) is 8.52. The van der Waals surface area contributed by atoms with E-state index in [1.165, 1.54) is 283 Å². The summed E-state index contributed by atoms with van der Waals surface area (Å²) in [7, 11) is 74.9. The molecule has 1 atom stereocenters. The highest BCUT2D eigenvalue weighted by Gasteiger charge is 2.55. The quantitative estimate of drug-likeness (QED) is 0.158. The number of rotatable bonds is 5. The van der Waals surface area contributed by atoms with E-state index in [1.807, 2.05) is 23.5 Å². The van der Waals surface area contributed by atoms with Crippen molar-refractivity contribution >= 4 is 475 Å². The third kappa shape index (κ3) is 8.27. The number of hydrogen-bond acceptors (Lipinski definition) is 3. The van der Waals surface area contributed by atoms with Gasteiger partial charge in [-0.15, -0.1) is 65.6 Å². The highest BCUT2D eigenvalue weighted by molar-refractivity contribution is 8.00. The Bertz CT molecular complexity index is 4980. The van der Waals surface area contributed by atoms with Crippen molar-refractivity contribution in [3.05, 3.63) is 46.5 Å². The van der Waals surface area contributed by atoms with Gasteiger partial charge in [0.25, 0.3) is 0 Å². The van der Waals surface area contributed by atoms with Crippen LogP contribution < -0.4 is 174 Å². The number of hydrogen-bond donors (Lipinski definition) is 0. The minimum Gasteiger partial charge on any atom is -0.310 e. The van der Waals surface area contributed by atoms with E-state index >= 15 is 0 Å². The summed E-state index contributed by atoms with van der Waals surface area (Å²) in [5, 5.41) is 5.49. The lowest BCUT2D eigenvalue weighted by Gasteiger charge is -2.45. The molecule has 2 aliphatic heterocycles. The molecule has 0 saturated heterocycles. The fourth-order valence-electron chi connectivity index (χ4n) is 17.9. The first-order valence-electron chi connectivity index (χ1n) is 33.5. The maximum Gasteiger partial charge on any atom is 0.143 e. The van der Waals surface area contributed by atoms with Crippen LogP contribution in [0.4, 0.5) is 17.1 Å². The van der Waals surface area contributed by atoms with Crippen molar-refractivity contribution in [1.82, 2.24) is 0 Å². The molecule has 10 aromatic rings. The number of benzene rings is 10. The Kier molecular flexibility index (Phi) is 15.6. The fourth-order valence-corrected chi connectivity index (χ4v) is 20.6. The molecule has 0 saturated carbocycles. The SMILES string of the molecule is Bc1cc2c(cc1B)C13c4cc(c(B)c(B)c4Sc4c(B)c(B)c(B)c(B)c41)Sc1cc3c-2c(N(c2c(B)c(B)c(-c3c(B)c(B)c(B)c(B)c3B)c3c(B)c(B)c(B)c(B)c23)c2c(B)c(B)c(-c3c(B)c(B)c(B)c(B)c3B)c3c(B)c(B)c(B)c(B)c23)c1B. The summed E-state index contributed by atoms with van der Waals surface area (Å²) in [6, 6.07) is 10.7. The Morgan fingerprint density at radius 3 is 1.02 bits per heavy atom. The zero-order valence-corrected chi connectivity index (χ0v) is 62.7. The zero-order valence-electron chi connectivity index (χ0n) is 61.1. The predicted octanol–water partition coefficient (Wildman–Crippen LogP) is -37.9. The molecule has 0 aromatic heterocycles. The van der Waals surface area contributed by atoms with Crippen molar-refractivity contribution < 1.29 is 0 Å². The van der Waals surface area contributed by atoms with Crippen molar-refractivity contribution in [3.63, 3.8) is 0 Å². The molecule has 34 heteroatoms. The van der Waals surface area contributed by atoms with Gasteiger partial charge in [0.15, 0.2) is 0 Å². The van der Waals surface area contributed by atoms with Crippen LogP contribution in [-0.4, -0.2) is 243 Å². The van der Waals surface area contributed by atoms with Gasteiger partial charge >= 0.3 is 0 Å². The molecular weight excluding hydrogens is 1100 g/mol. The first-order valence-corrected chi connectivity index (χ1v) is 35.2. The summed E-state index contributed by atoms with van der Waals surface area (Å²) >= 11 is 4.06. The van der Waals surface area contributed by atoms with Crippen molar-refractivity contribution in [2.45, 2.75) is 25.0 Å². The van der Waals surface area contributed by atoms with Gasteiger partial charge in [-0.25, -0.2) is 0 Å². The highest BCUT2D eigenvalue weighted by atomic mass is 32.2. The molecule has 10 aromatic carbocycles. The Morgan fingerprint density at radius 2 is 0.571 bits per heavy atom. The average Bonchev–Trinajstić information content (AvgIpc) is 1.56. The van der Waals surface area contributed by atoms with Crippen LogP contribution in [0.5, 0.6) is 0 Å². The predicted molar refractivity (Wildman–Crippen MR) is 506 cm³/mol. The minimum absolute atomic E-state index is 0.607. The molecule has 4 bridgehead atoms. The van der Waals surface area contributed by atoms with Gasteiger partial charge in [-0.05, 0) is 83.7 Å². The van der Waals surface area contributed by atoms with Crippen LogP contribution in [0, 0.1) is 0 Å². The van der Waals surface area contributed by atoms with Crippen molar-refractivity contribution in [2.24, 2.45) is 0 Å². The average molecular weight is 1160 g/mol. The monoisotopic (exact) mass is 1170 g/mol. The lowest BCUT2D eigenvalue weighted by atomic mass is 9.56. The van der Waals surface area contributed by atoms with Crippen LogP contribution in [0.3, 0.4) is 0 Å². The summed E-state index contributed by atoms with van der Waals surface area (Å²) in [6.45, 7) is 0.